The quantitative estimate of drug-likeness (QED) is 0.738. The van der Waals surface area contributed by atoms with Crippen molar-refractivity contribution >= 4 is 17.4 Å². The summed E-state index contributed by atoms with van der Waals surface area (Å²) in [5, 5.41) is 0.524. The molecule has 3 nitrogen and oxygen atoms in total. The van der Waals surface area contributed by atoms with E-state index in [9.17, 15) is 0 Å². The van der Waals surface area contributed by atoms with Crippen molar-refractivity contribution in [1.82, 2.24) is 9.97 Å². The lowest BCUT2D eigenvalue weighted by atomic mass is 10.3. The third-order valence-electron chi connectivity index (χ3n) is 2.75. The number of nitrogens with zero attached hydrogens (tertiary/aromatic N) is 3. The van der Waals surface area contributed by atoms with Gasteiger partial charge in [-0.3, -0.25) is 0 Å². The first-order valence-corrected chi connectivity index (χ1v) is 5.75. The van der Waals surface area contributed by atoms with Gasteiger partial charge in [0, 0.05) is 19.7 Å². The van der Waals surface area contributed by atoms with Crippen molar-refractivity contribution in [3.8, 4) is 0 Å². The van der Waals surface area contributed by atoms with Gasteiger partial charge in [-0.1, -0.05) is 24.4 Å². The molecule has 4 heteroatoms. The number of halogens is 1. The fourth-order valence-corrected chi connectivity index (χ4v) is 1.83. The summed E-state index contributed by atoms with van der Waals surface area (Å²) in [4.78, 5) is 10.6. The first-order chi connectivity index (χ1) is 7.15. The van der Waals surface area contributed by atoms with E-state index in [1.807, 2.05) is 13.0 Å². The molecule has 1 aliphatic rings. The van der Waals surface area contributed by atoms with E-state index in [1.54, 1.807) is 0 Å². The highest BCUT2D eigenvalue weighted by Gasteiger charge is 2.21. The minimum Gasteiger partial charge on any atom is -0.360 e. The maximum atomic E-state index is 5.89. The van der Waals surface area contributed by atoms with Crippen LogP contribution in [0.2, 0.25) is 5.15 Å². The van der Waals surface area contributed by atoms with Gasteiger partial charge in [0.1, 0.15) is 16.8 Å². The zero-order chi connectivity index (χ0) is 10.8. The Morgan fingerprint density at radius 2 is 2.20 bits per heavy atom. The van der Waals surface area contributed by atoms with Gasteiger partial charge in [0.25, 0.3) is 0 Å². The van der Waals surface area contributed by atoms with Crippen LogP contribution in [-0.2, 0) is 0 Å². The smallest absolute Gasteiger partial charge is 0.134 e. The molecule has 1 fully saturated rings. The fourth-order valence-electron chi connectivity index (χ4n) is 1.61. The van der Waals surface area contributed by atoms with Gasteiger partial charge in [0.05, 0.1) is 0 Å². The lowest BCUT2D eigenvalue weighted by Crippen LogP contribution is -2.20. The van der Waals surface area contributed by atoms with E-state index in [0.29, 0.717) is 5.15 Å². The second kappa shape index (κ2) is 4.35. The van der Waals surface area contributed by atoms with Crippen LogP contribution in [0, 0.1) is 12.8 Å². The Morgan fingerprint density at radius 3 is 2.80 bits per heavy atom. The van der Waals surface area contributed by atoms with Crippen molar-refractivity contribution in [2.75, 3.05) is 18.5 Å². The molecule has 1 saturated carbocycles. The van der Waals surface area contributed by atoms with Crippen molar-refractivity contribution in [1.29, 1.82) is 0 Å². The number of aryl methyl sites for hydroxylation is 1. The van der Waals surface area contributed by atoms with Crippen LogP contribution in [0.5, 0.6) is 0 Å². The molecule has 1 heterocycles. The number of anilines is 1. The summed E-state index contributed by atoms with van der Waals surface area (Å²) in [5.74, 6) is 2.61. The second-order valence-electron chi connectivity index (χ2n) is 4.25. The van der Waals surface area contributed by atoms with Crippen LogP contribution in [-0.4, -0.2) is 23.6 Å². The van der Waals surface area contributed by atoms with Crippen LogP contribution in [0.3, 0.4) is 0 Å². The Labute approximate surface area is 95.5 Å². The molecule has 1 aromatic heterocycles. The molecule has 0 atom stereocenters. The van der Waals surface area contributed by atoms with Crippen molar-refractivity contribution in [3.63, 3.8) is 0 Å². The van der Waals surface area contributed by atoms with Gasteiger partial charge in [-0.05, 0) is 19.3 Å². The zero-order valence-corrected chi connectivity index (χ0v) is 9.96. The molecule has 82 valence electrons. The van der Waals surface area contributed by atoms with E-state index in [1.165, 1.54) is 19.3 Å². The molecule has 15 heavy (non-hydrogen) atoms. The summed E-state index contributed by atoms with van der Waals surface area (Å²) in [5.41, 5.74) is 0. The second-order valence-corrected chi connectivity index (χ2v) is 4.64. The zero-order valence-electron chi connectivity index (χ0n) is 9.20. The molecule has 0 radical (unpaired) electrons. The number of rotatable bonds is 4. The van der Waals surface area contributed by atoms with Crippen LogP contribution < -0.4 is 4.90 Å². The highest BCUT2D eigenvalue weighted by molar-refractivity contribution is 6.29. The topological polar surface area (TPSA) is 29.0 Å². The molecule has 0 aliphatic heterocycles. The molecule has 1 aliphatic carbocycles. The predicted molar refractivity (Wildman–Crippen MR) is 62.4 cm³/mol. The molecule has 0 amide bonds. The van der Waals surface area contributed by atoms with Crippen molar-refractivity contribution in [2.45, 2.75) is 26.2 Å². The maximum Gasteiger partial charge on any atom is 0.134 e. The summed E-state index contributed by atoms with van der Waals surface area (Å²) < 4.78 is 0. The van der Waals surface area contributed by atoms with Crippen LogP contribution in [0.4, 0.5) is 5.82 Å². The average Bonchev–Trinajstić information content (AvgIpc) is 2.96. The van der Waals surface area contributed by atoms with Crippen LogP contribution >= 0.6 is 11.6 Å². The van der Waals surface area contributed by atoms with Crippen LogP contribution in [0.15, 0.2) is 6.07 Å². The summed E-state index contributed by atoms with van der Waals surface area (Å²) in [6.45, 7) is 2.92. The standard InChI is InChI=1S/C11H16ClN3/c1-8-13-10(12)7-11(14-8)15(2)6-5-9-3-4-9/h7,9H,3-6H2,1-2H3. The Morgan fingerprint density at radius 1 is 1.47 bits per heavy atom. The van der Waals surface area contributed by atoms with E-state index in [0.717, 1.165) is 24.1 Å². The van der Waals surface area contributed by atoms with Gasteiger partial charge < -0.3 is 4.90 Å². The first kappa shape index (κ1) is 10.7. The molecule has 0 N–H and O–H groups in total. The maximum absolute atomic E-state index is 5.89. The van der Waals surface area contributed by atoms with Gasteiger partial charge in [-0.25, -0.2) is 9.97 Å². The third kappa shape index (κ3) is 3.06. The SMILES string of the molecule is Cc1nc(Cl)cc(N(C)CCC2CC2)n1. The molecule has 0 aromatic carbocycles. The molecular formula is C11H16ClN3. The van der Waals surface area contributed by atoms with Gasteiger partial charge in [-0.2, -0.15) is 0 Å². The highest BCUT2D eigenvalue weighted by Crippen LogP contribution is 2.32. The Bertz CT molecular complexity index is 329. The van der Waals surface area contributed by atoms with Crippen molar-refractivity contribution in [2.24, 2.45) is 5.92 Å². The molecule has 0 bridgehead atoms. The Balaban J connectivity index is 1.99. The van der Waals surface area contributed by atoms with E-state index in [4.69, 9.17) is 11.6 Å². The van der Waals surface area contributed by atoms with E-state index in [-0.39, 0.29) is 0 Å². The highest BCUT2D eigenvalue weighted by atomic mass is 35.5. The summed E-state index contributed by atoms with van der Waals surface area (Å²) >= 11 is 5.89. The lowest BCUT2D eigenvalue weighted by Gasteiger charge is -2.18. The van der Waals surface area contributed by atoms with Gasteiger partial charge in [0.2, 0.25) is 0 Å². The van der Waals surface area contributed by atoms with Gasteiger partial charge in [-0.15, -0.1) is 0 Å². The molecule has 0 saturated heterocycles. The largest absolute Gasteiger partial charge is 0.360 e. The Kier molecular flexibility index (Phi) is 3.10. The molecule has 1 aromatic rings. The number of hydrogen-bond donors (Lipinski definition) is 0. The normalized spacial score (nSPS) is 15.4. The Hall–Kier alpha value is -0.830. The fraction of sp³-hybridized carbons (Fsp3) is 0.636. The van der Waals surface area contributed by atoms with E-state index >= 15 is 0 Å². The third-order valence-corrected chi connectivity index (χ3v) is 2.95. The lowest BCUT2D eigenvalue weighted by molar-refractivity contribution is 0.704. The van der Waals surface area contributed by atoms with Crippen molar-refractivity contribution in [3.05, 3.63) is 17.0 Å². The van der Waals surface area contributed by atoms with Gasteiger partial charge >= 0.3 is 0 Å². The van der Waals surface area contributed by atoms with Crippen LogP contribution in [0.25, 0.3) is 0 Å². The number of hydrogen-bond acceptors (Lipinski definition) is 3. The van der Waals surface area contributed by atoms with Crippen LogP contribution in [0.1, 0.15) is 25.1 Å². The average molecular weight is 226 g/mol. The summed E-state index contributed by atoms with van der Waals surface area (Å²) in [6.07, 6.45) is 4.06. The summed E-state index contributed by atoms with van der Waals surface area (Å²) in [6, 6.07) is 1.82. The minimum atomic E-state index is 0.524. The molecule has 2 rings (SSSR count). The number of aromatic nitrogens is 2. The first-order valence-electron chi connectivity index (χ1n) is 5.37. The predicted octanol–water partition coefficient (Wildman–Crippen LogP) is 2.67. The van der Waals surface area contributed by atoms with Crippen molar-refractivity contribution < 1.29 is 0 Å². The van der Waals surface area contributed by atoms with E-state index in [2.05, 4.69) is 21.9 Å². The monoisotopic (exact) mass is 225 g/mol. The van der Waals surface area contributed by atoms with Gasteiger partial charge in [0.15, 0.2) is 0 Å². The molecule has 0 spiro atoms. The summed E-state index contributed by atoms with van der Waals surface area (Å²) in [7, 11) is 2.06. The molecular weight excluding hydrogens is 210 g/mol. The molecule has 0 unspecified atom stereocenters. The minimum absolute atomic E-state index is 0.524. The van der Waals surface area contributed by atoms with E-state index < -0.39 is 0 Å².